The maximum Gasteiger partial charge on any atom is 0.510 e. The average molecular weight is 779 g/mol. The highest BCUT2D eigenvalue weighted by Crippen LogP contribution is 2.68. The zero-order chi connectivity index (χ0) is 40.7. The van der Waals surface area contributed by atoms with E-state index in [2.05, 4.69) is 0 Å². The number of halogens is 1. The molecule has 1 amide bonds. The molecule has 0 aromatic carbocycles. The number of ether oxygens (including phenoxy) is 3. The molecule has 15 heteroatoms. The highest BCUT2D eigenvalue weighted by molar-refractivity contribution is 6.30. The normalized spacial score (nSPS) is 38.5. The molecule has 14 nitrogen and oxygen atoms in total. The number of hydrogen-bond acceptors (Lipinski definition) is 12. The number of allylic oxidation sites excluding steroid dienone is 2. The molecule has 2 heterocycles. The fraction of sp³-hybridized carbons (Fsp3) is 0.718. The number of nitrogens with zero attached hydrogens (tertiary/aromatic N) is 2. The van der Waals surface area contributed by atoms with Crippen molar-refractivity contribution < 1.29 is 62.8 Å². The minimum absolute atomic E-state index is 0.208. The van der Waals surface area contributed by atoms with E-state index in [0.29, 0.717) is 36.3 Å². The van der Waals surface area contributed by atoms with Gasteiger partial charge in [0.25, 0.3) is 12.3 Å². The number of quaternary nitrogens is 1. The van der Waals surface area contributed by atoms with Crippen molar-refractivity contribution in [2.75, 3.05) is 7.05 Å². The van der Waals surface area contributed by atoms with Gasteiger partial charge in [-0.1, -0.05) is 37.6 Å². The number of hydroxylamine groups is 2. The van der Waals surface area contributed by atoms with Gasteiger partial charge in [-0.25, -0.2) is 24.0 Å². The monoisotopic (exact) mass is 778 g/mol. The van der Waals surface area contributed by atoms with Crippen LogP contribution in [-0.4, -0.2) is 97.5 Å². The van der Waals surface area contributed by atoms with E-state index in [0.717, 1.165) is 13.2 Å². The van der Waals surface area contributed by atoms with Crippen LogP contribution in [0.3, 0.4) is 0 Å². The van der Waals surface area contributed by atoms with Gasteiger partial charge in [-0.05, 0) is 91.6 Å². The van der Waals surface area contributed by atoms with Crippen LogP contribution in [0.15, 0.2) is 34.0 Å². The Bertz CT molecular complexity index is 1710. The number of fused-ring (bicyclic) bond motifs is 4. The molecule has 0 spiro atoms. The molecule has 5 aliphatic rings. The second-order valence-electron chi connectivity index (χ2n) is 17.9. The first-order valence-electron chi connectivity index (χ1n) is 18.6. The van der Waals surface area contributed by atoms with Crippen molar-refractivity contribution >= 4 is 42.1 Å². The van der Waals surface area contributed by atoms with Gasteiger partial charge in [0.2, 0.25) is 11.1 Å². The van der Waals surface area contributed by atoms with Gasteiger partial charge in [0.05, 0.1) is 29.2 Å². The number of hydrogen-bond donors (Lipinski definition) is 2. The lowest BCUT2D eigenvalue weighted by molar-refractivity contribution is -0.994. The van der Waals surface area contributed by atoms with Gasteiger partial charge in [-0.15, -0.1) is 0 Å². The molecule has 3 aliphatic carbocycles. The average Bonchev–Trinajstić information content (AvgIpc) is 3.30. The summed E-state index contributed by atoms with van der Waals surface area (Å²) in [7, 11) is 1.50. The molecular weight excluding hydrogens is 724 g/mol. The number of carbonyl (C=O) groups is 5. The summed E-state index contributed by atoms with van der Waals surface area (Å²) in [6, 6.07) is 0. The number of carboxylic acid groups (broad SMARTS) is 2. The summed E-state index contributed by atoms with van der Waals surface area (Å²) in [4.78, 5) is 75.3. The molecule has 2 unspecified atom stereocenters. The molecule has 11 atom stereocenters. The van der Waals surface area contributed by atoms with Gasteiger partial charge in [0.1, 0.15) is 18.0 Å². The van der Waals surface area contributed by atoms with Crippen LogP contribution in [0.1, 0.15) is 101 Å². The number of aliphatic carboxylic acids is 1. The molecule has 2 saturated heterocycles. The first kappa shape index (κ1) is 41.7. The fourth-order valence-electron chi connectivity index (χ4n) is 10.7. The Morgan fingerprint density at radius 2 is 1.80 bits per heavy atom. The summed E-state index contributed by atoms with van der Waals surface area (Å²) in [6.45, 7) is 15.6. The molecule has 0 radical (unpaired) electrons. The van der Waals surface area contributed by atoms with Crippen LogP contribution in [0, 0.1) is 29.6 Å². The number of carbonyl (C=O) groups excluding carboxylic acids is 4. The Kier molecular flexibility index (Phi) is 10.5. The van der Waals surface area contributed by atoms with Crippen molar-refractivity contribution in [2.45, 2.75) is 142 Å². The number of likely N-dealkylation sites (tertiary alicyclic amines) is 1. The number of esters is 1. The van der Waals surface area contributed by atoms with Crippen molar-refractivity contribution in [1.82, 2.24) is 5.06 Å². The van der Waals surface area contributed by atoms with Gasteiger partial charge >= 0.3 is 18.1 Å². The molecule has 1 saturated carbocycles. The van der Waals surface area contributed by atoms with Crippen LogP contribution in [0.2, 0.25) is 0 Å². The van der Waals surface area contributed by atoms with E-state index in [1.165, 1.54) is 32.9 Å². The number of rotatable bonds is 6. The van der Waals surface area contributed by atoms with E-state index in [-0.39, 0.29) is 11.3 Å². The standard InChI is InChI=1S/C39H55ClN2O12/c1-20-17-26-24(21(2)18-43)16-15-22(3)39(26,50)30(29(20)51-23(4)44)37(32(45)46)19-38(53-34(49)52-36(8,9)10)25-13-12-14-27(40)28(25)41(11)54-31(38)42(37,33(47)48)35(5,6)7/h13,17-18,21-22,24,26,29-31,50H,12,14-16,19H2,1-11H3,(H-,45,46,47,48)/t21?,22-,24+,26-,29+,30-,31-,37+,38-,39-,42?/m1/s1. The molecule has 54 heavy (non-hydrogen) atoms. The van der Waals surface area contributed by atoms with Crippen molar-refractivity contribution in [3.63, 3.8) is 0 Å². The molecule has 3 fully saturated rings. The number of aliphatic hydroxyl groups is 1. The molecule has 5 rings (SSSR count). The van der Waals surface area contributed by atoms with Crippen molar-refractivity contribution in [2.24, 2.45) is 29.6 Å². The summed E-state index contributed by atoms with van der Waals surface area (Å²) in [6.07, 6.45) is -1.55. The van der Waals surface area contributed by atoms with Crippen LogP contribution >= 0.6 is 11.6 Å². The Balaban J connectivity index is 2.00. The third-order valence-corrected chi connectivity index (χ3v) is 13.0. The third-order valence-electron chi connectivity index (χ3n) is 12.6. The predicted molar refractivity (Wildman–Crippen MR) is 192 cm³/mol. The van der Waals surface area contributed by atoms with Gasteiger partial charge in [0.15, 0.2) is 0 Å². The predicted octanol–water partition coefficient (Wildman–Crippen LogP) is 4.97. The highest BCUT2D eigenvalue weighted by Gasteiger charge is 2.88. The largest absolute Gasteiger partial charge is 0.510 e. The van der Waals surface area contributed by atoms with Crippen LogP contribution in [0.4, 0.5) is 9.59 Å². The lowest BCUT2D eigenvalue weighted by atomic mass is 9.48. The molecule has 300 valence electrons. The Morgan fingerprint density at radius 1 is 1.17 bits per heavy atom. The third kappa shape index (κ3) is 5.80. The van der Waals surface area contributed by atoms with E-state index in [1.807, 2.05) is 0 Å². The first-order valence-corrected chi connectivity index (χ1v) is 19.0. The molecular formula is C39H55ClN2O12. The minimum Gasteiger partial charge on any atom is -0.498 e. The quantitative estimate of drug-likeness (QED) is 0.159. The van der Waals surface area contributed by atoms with Crippen LogP contribution in [0.25, 0.3) is 0 Å². The van der Waals surface area contributed by atoms with E-state index < -0.39 is 105 Å². The minimum atomic E-state index is -2.76. The molecule has 0 aromatic rings. The zero-order valence-corrected chi connectivity index (χ0v) is 33.8. The van der Waals surface area contributed by atoms with E-state index >= 15 is 0 Å². The topological polar surface area (TPSA) is 189 Å². The second kappa shape index (κ2) is 13.6. The number of carboxylic acids is 1. The van der Waals surface area contributed by atoms with Gasteiger partial charge in [-0.2, -0.15) is 0 Å². The molecule has 2 N–H and O–H groups in total. The second-order valence-corrected chi connectivity index (χ2v) is 18.3. The maximum atomic E-state index is 14.9. The zero-order valence-electron chi connectivity index (χ0n) is 33.1. The summed E-state index contributed by atoms with van der Waals surface area (Å²) < 4.78 is 16.5. The smallest absolute Gasteiger partial charge is 0.498 e. The van der Waals surface area contributed by atoms with Gasteiger partial charge < -0.3 is 39.1 Å². The molecule has 0 aromatic heterocycles. The summed E-state index contributed by atoms with van der Waals surface area (Å²) in [5.74, 6) is -6.91. The van der Waals surface area contributed by atoms with Crippen molar-refractivity contribution in [3.8, 4) is 0 Å². The number of aldehydes is 1. The number of likely N-dealkylation sites (N-methyl/N-ethyl adjacent to an activating group) is 1. The fourth-order valence-corrected chi connectivity index (χ4v) is 11.0. The first-order chi connectivity index (χ1) is 24.8. The van der Waals surface area contributed by atoms with E-state index in [1.54, 1.807) is 53.7 Å². The molecule has 2 aliphatic heterocycles. The number of amides is 1. The maximum absolute atomic E-state index is 14.9. The Labute approximate surface area is 321 Å². The van der Waals surface area contributed by atoms with Crippen molar-refractivity contribution in [1.29, 1.82) is 0 Å². The van der Waals surface area contributed by atoms with Crippen LogP contribution in [0.5, 0.6) is 0 Å². The lowest BCUT2D eigenvalue weighted by Gasteiger charge is -2.64. The highest BCUT2D eigenvalue weighted by atomic mass is 35.5. The summed E-state index contributed by atoms with van der Waals surface area (Å²) in [5.41, 5.74) is -9.05. The summed E-state index contributed by atoms with van der Waals surface area (Å²) >= 11 is 6.84. The SMILES string of the molecule is CC(=O)O[C@H]1C(C)=C[C@@H]2[C@H](C(C)C=O)CC[C@@H](C)[C@]2(O)[C@H]1[C@]1(C(=O)O)C[C@@]2(OC(=O)OC(C)(C)C)C3=CCCC(Cl)=C3N(C)O[C@H]2[N+]1(C(=O)[O-])C(C)(C)C. The van der Waals surface area contributed by atoms with Gasteiger partial charge in [-0.3, -0.25) is 4.79 Å². The Morgan fingerprint density at radius 3 is 2.31 bits per heavy atom. The van der Waals surface area contributed by atoms with Crippen LogP contribution in [-0.2, 0) is 33.4 Å². The summed E-state index contributed by atoms with van der Waals surface area (Å²) in [5, 5.41) is 41.8. The Hall–Kier alpha value is -3.46. The van der Waals surface area contributed by atoms with Gasteiger partial charge in [0, 0.05) is 36.4 Å². The lowest BCUT2D eigenvalue weighted by Crippen LogP contribution is -2.86. The van der Waals surface area contributed by atoms with E-state index in [9.17, 15) is 39.3 Å². The van der Waals surface area contributed by atoms with Crippen molar-refractivity contribution in [3.05, 3.63) is 34.0 Å². The van der Waals surface area contributed by atoms with Crippen LogP contribution < -0.4 is 5.11 Å². The van der Waals surface area contributed by atoms with E-state index in [4.69, 9.17) is 30.6 Å². The molecule has 0 bridgehead atoms.